The van der Waals surface area contributed by atoms with Crippen molar-refractivity contribution in [2.75, 3.05) is 0 Å². The van der Waals surface area contributed by atoms with Gasteiger partial charge >= 0.3 is 0 Å². The van der Waals surface area contributed by atoms with E-state index in [4.69, 9.17) is 0 Å². The zero-order valence-corrected chi connectivity index (χ0v) is 6.24. The van der Waals surface area contributed by atoms with Crippen LogP contribution in [-0.4, -0.2) is 11.5 Å². The van der Waals surface area contributed by atoms with Crippen LogP contribution < -0.4 is 0 Å². The van der Waals surface area contributed by atoms with Gasteiger partial charge in [0.15, 0.2) is 5.05 Å². The average molecular weight is 146 g/mol. The SMILES string of the molecule is CCCCC(=S)OC=O. The maximum absolute atomic E-state index is 9.67. The third-order valence-corrected chi connectivity index (χ3v) is 1.21. The van der Waals surface area contributed by atoms with Crippen LogP contribution in [0.15, 0.2) is 0 Å². The van der Waals surface area contributed by atoms with Gasteiger partial charge in [0.1, 0.15) is 0 Å². The molecule has 0 radical (unpaired) electrons. The van der Waals surface area contributed by atoms with Crippen LogP contribution in [-0.2, 0) is 9.53 Å². The second kappa shape index (κ2) is 5.69. The van der Waals surface area contributed by atoms with Gasteiger partial charge in [-0.15, -0.1) is 0 Å². The molecule has 52 valence electrons. The Morgan fingerprint density at radius 1 is 1.78 bits per heavy atom. The van der Waals surface area contributed by atoms with Crippen molar-refractivity contribution in [2.24, 2.45) is 0 Å². The zero-order valence-electron chi connectivity index (χ0n) is 5.42. The second-order valence-corrected chi connectivity index (χ2v) is 2.14. The smallest absolute Gasteiger partial charge is 0.298 e. The van der Waals surface area contributed by atoms with E-state index in [2.05, 4.69) is 23.9 Å². The average Bonchev–Trinajstić information content (AvgIpc) is 1.85. The molecule has 3 heteroatoms. The van der Waals surface area contributed by atoms with Crippen molar-refractivity contribution >= 4 is 23.7 Å². The molecule has 0 unspecified atom stereocenters. The highest BCUT2D eigenvalue weighted by molar-refractivity contribution is 7.80. The number of carbonyl (C=O) groups excluding carboxylic acids is 1. The summed E-state index contributed by atoms with van der Waals surface area (Å²) in [5.41, 5.74) is 0. The number of hydrogen-bond acceptors (Lipinski definition) is 3. The van der Waals surface area contributed by atoms with Crippen molar-refractivity contribution in [3.05, 3.63) is 0 Å². The van der Waals surface area contributed by atoms with Crippen LogP contribution in [0.25, 0.3) is 0 Å². The lowest BCUT2D eigenvalue weighted by Crippen LogP contribution is -1.98. The monoisotopic (exact) mass is 146 g/mol. The van der Waals surface area contributed by atoms with Gasteiger partial charge in [0.05, 0.1) is 0 Å². The first kappa shape index (κ1) is 8.56. The summed E-state index contributed by atoms with van der Waals surface area (Å²) >= 11 is 4.67. The zero-order chi connectivity index (χ0) is 7.11. The summed E-state index contributed by atoms with van der Waals surface area (Å²) in [5.74, 6) is 0. The molecule has 2 nitrogen and oxygen atoms in total. The fourth-order valence-corrected chi connectivity index (χ4v) is 0.617. The molecule has 0 aromatic rings. The predicted molar refractivity (Wildman–Crippen MR) is 39.3 cm³/mol. The van der Waals surface area contributed by atoms with Gasteiger partial charge in [-0.1, -0.05) is 13.3 Å². The summed E-state index contributed by atoms with van der Waals surface area (Å²) in [7, 11) is 0. The Labute approximate surface area is 60.2 Å². The standard InChI is InChI=1S/C6H10O2S/c1-2-3-4-6(9)8-5-7/h5H,2-4H2,1H3. The number of ether oxygens (including phenoxy) is 1. The molecule has 9 heavy (non-hydrogen) atoms. The molecule has 0 aromatic carbocycles. The summed E-state index contributed by atoms with van der Waals surface area (Å²) in [5, 5.41) is 0.395. The molecule has 0 atom stereocenters. The molecule has 0 spiro atoms. The lowest BCUT2D eigenvalue weighted by molar-refractivity contribution is -0.121. The molecule has 0 heterocycles. The fraction of sp³-hybridized carbons (Fsp3) is 0.667. The molecular formula is C6H10O2S. The summed E-state index contributed by atoms with van der Waals surface area (Å²) < 4.78 is 4.39. The van der Waals surface area contributed by atoms with E-state index in [1.165, 1.54) is 0 Å². The molecule has 0 bridgehead atoms. The van der Waals surface area contributed by atoms with E-state index in [0.717, 1.165) is 12.8 Å². The molecule has 0 saturated heterocycles. The molecule has 0 aliphatic rings. The van der Waals surface area contributed by atoms with E-state index in [-0.39, 0.29) is 0 Å². The van der Waals surface area contributed by atoms with Gasteiger partial charge in [-0.3, -0.25) is 4.79 Å². The lowest BCUT2D eigenvalue weighted by atomic mass is 10.3. The van der Waals surface area contributed by atoms with E-state index in [1.54, 1.807) is 0 Å². The maximum atomic E-state index is 9.67. The lowest BCUT2D eigenvalue weighted by Gasteiger charge is -1.95. The number of carbonyl (C=O) groups is 1. The molecule has 0 fully saturated rings. The highest BCUT2D eigenvalue weighted by atomic mass is 32.1. The van der Waals surface area contributed by atoms with E-state index >= 15 is 0 Å². The molecule has 0 aliphatic heterocycles. The van der Waals surface area contributed by atoms with Crippen molar-refractivity contribution < 1.29 is 9.53 Å². The van der Waals surface area contributed by atoms with Gasteiger partial charge in [0.25, 0.3) is 6.47 Å². The minimum Gasteiger partial charge on any atom is -0.421 e. The Morgan fingerprint density at radius 3 is 2.89 bits per heavy atom. The van der Waals surface area contributed by atoms with Gasteiger partial charge in [0.2, 0.25) is 0 Å². The van der Waals surface area contributed by atoms with Crippen LogP contribution in [0.2, 0.25) is 0 Å². The highest BCUT2D eigenvalue weighted by Crippen LogP contribution is 1.96. The summed E-state index contributed by atoms with van der Waals surface area (Å²) in [6, 6.07) is 0. The number of rotatable bonds is 4. The fourth-order valence-electron chi connectivity index (χ4n) is 0.434. The van der Waals surface area contributed by atoms with Gasteiger partial charge in [0, 0.05) is 6.42 Å². The van der Waals surface area contributed by atoms with Crippen LogP contribution in [0, 0.1) is 0 Å². The van der Waals surface area contributed by atoms with Crippen LogP contribution in [0.3, 0.4) is 0 Å². The molecule has 0 aromatic heterocycles. The summed E-state index contributed by atoms with van der Waals surface area (Å²) in [4.78, 5) is 9.67. The quantitative estimate of drug-likeness (QED) is 0.446. The van der Waals surface area contributed by atoms with E-state index in [9.17, 15) is 4.79 Å². The Bertz CT molecular complexity index is 101. The second-order valence-electron chi connectivity index (χ2n) is 1.69. The topological polar surface area (TPSA) is 26.3 Å². The van der Waals surface area contributed by atoms with Crippen LogP contribution in [0.4, 0.5) is 0 Å². The van der Waals surface area contributed by atoms with Crippen molar-refractivity contribution in [1.29, 1.82) is 0 Å². The van der Waals surface area contributed by atoms with Gasteiger partial charge in [-0.05, 0) is 18.6 Å². The largest absolute Gasteiger partial charge is 0.421 e. The molecule has 0 aliphatic carbocycles. The Kier molecular flexibility index (Phi) is 5.41. The molecular weight excluding hydrogens is 136 g/mol. The number of thiocarbonyl (C=S) groups is 1. The van der Waals surface area contributed by atoms with Crippen molar-refractivity contribution in [1.82, 2.24) is 0 Å². The Hall–Kier alpha value is -0.440. The maximum Gasteiger partial charge on any atom is 0.298 e. The van der Waals surface area contributed by atoms with Crippen LogP contribution >= 0.6 is 12.2 Å². The van der Waals surface area contributed by atoms with Crippen molar-refractivity contribution in [3.8, 4) is 0 Å². The van der Waals surface area contributed by atoms with Crippen LogP contribution in [0.1, 0.15) is 26.2 Å². The third-order valence-electron chi connectivity index (χ3n) is 0.914. The van der Waals surface area contributed by atoms with Crippen LogP contribution in [0.5, 0.6) is 0 Å². The molecule has 0 rings (SSSR count). The van der Waals surface area contributed by atoms with Crippen molar-refractivity contribution in [2.45, 2.75) is 26.2 Å². The third kappa shape index (κ3) is 5.43. The van der Waals surface area contributed by atoms with Gasteiger partial charge < -0.3 is 4.74 Å². The Morgan fingerprint density at radius 2 is 2.44 bits per heavy atom. The van der Waals surface area contributed by atoms with Gasteiger partial charge in [-0.25, -0.2) is 0 Å². The molecule has 0 amide bonds. The number of hydrogen-bond donors (Lipinski definition) is 0. The van der Waals surface area contributed by atoms with E-state index in [1.807, 2.05) is 0 Å². The summed E-state index contributed by atoms with van der Waals surface area (Å²) in [6.45, 7) is 2.43. The van der Waals surface area contributed by atoms with Crippen molar-refractivity contribution in [3.63, 3.8) is 0 Å². The Balaban J connectivity index is 3.16. The summed E-state index contributed by atoms with van der Waals surface area (Å²) in [6.07, 6.45) is 2.78. The highest BCUT2D eigenvalue weighted by Gasteiger charge is 1.93. The first-order chi connectivity index (χ1) is 4.31. The number of unbranched alkanes of at least 4 members (excludes halogenated alkanes) is 1. The van der Waals surface area contributed by atoms with Gasteiger partial charge in [-0.2, -0.15) is 0 Å². The minimum absolute atomic E-state index is 0.373. The molecule has 0 N–H and O–H groups in total. The first-order valence-corrected chi connectivity index (χ1v) is 3.35. The van der Waals surface area contributed by atoms with E-state index in [0.29, 0.717) is 17.9 Å². The predicted octanol–water partition coefficient (Wildman–Crippen LogP) is 1.68. The normalized spacial score (nSPS) is 8.56. The van der Waals surface area contributed by atoms with E-state index < -0.39 is 0 Å². The first-order valence-electron chi connectivity index (χ1n) is 2.94. The molecule has 0 saturated carbocycles. The minimum atomic E-state index is 0.373.